The second kappa shape index (κ2) is 8.60. The Morgan fingerprint density at radius 3 is 3.00 bits per heavy atom. The van der Waals surface area contributed by atoms with Crippen LogP contribution in [0.25, 0.3) is 0 Å². The van der Waals surface area contributed by atoms with Crippen molar-refractivity contribution in [3.63, 3.8) is 0 Å². The molecule has 0 spiro atoms. The van der Waals surface area contributed by atoms with Gasteiger partial charge in [-0.1, -0.05) is 19.1 Å². The Morgan fingerprint density at radius 2 is 2.32 bits per heavy atom. The lowest BCUT2D eigenvalue weighted by molar-refractivity contribution is -0.121. The second-order valence-electron chi connectivity index (χ2n) is 4.82. The number of hydrogen-bond donors (Lipinski definition) is 3. The minimum Gasteiger partial charge on any atom is -0.394 e. The zero-order valence-corrected chi connectivity index (χ0v) is 11.6. The highest BCUT2D eigenvalue weighted by Gasteiger charge is 2.03. The predicted molar refractivity (Wildman–Crippen MR) is 71.3 cm³/mol. The summed E-state index contributed by atoms with van der Waals surface area (Å²) in [6.07, 6.45) is 2.24. The van der Waals surface area contributed by atoms with Crippen LogP contribution in [-0.4, -0.2) is 45.7 Å². The molecule has 0 fully saturated rings. The summed E-state index contributed by atoms with van der Waals surface area (Å²) < 4.78 is 1.59. The second-order valence-corrected chi connectivity index (χ2v) is 4.82. The fourth-order valence-electron chi connectivity index (χ4n) is 1.46. The number of aliphatic hydroxyl groups excluding tert-OH is 1. The van der Waals surface area contributed by atoms with Crippen molar-refractivity contribution in [3.05, 3.63) is 11.9 Å². The third kappa shape index (κ3) is 6.88. The van der Waals surface area contributed by atoms with Crippen LogP contribution in [0, 0.1) is 5.92 Å². The highest BCUT2D eigenvalue weighted by Crippen LogP contribution is 1.93. The molecule has 3 N–H and O–H groups in total. The first-order chi connectivity index (χ1) is 9.11. The summed E-state index contributed by atoms with van der Waals surface area (Å²) in [6, 6.07) is 0. The molecule has 0 saturated heterocycles. The molecule has 0 radical (unpaired) electrons. The Bertz CT molecular complexity index is 378. The molecule has 0 aliphatic heterocycles. The lowest BCUT2D eigenvalue weighted by atomic mass is 10.2. The van der Waals surface area contributed by atoms with Gasteiger partial charge in [0, 0.05) is 32.3 Å². The molecule has 0 aliphatic carbocycles. The van der Waals surface area contributed by atoms with Crippen LogP contribution in [0.5, 0.6) is 0 Å². The van der Waals surface area contributed by atoms with Crippen LogP contribution in [0.2, 0.25) is 0 Å². The first-order valence-electron chi connectivity index (χ1n) is 6.59. The zero-order chi connectivity index (χ0) is 14.1. The molecule has 19 heavy (non-hydrogen) atoms. The molecule has 108 valence electrons. The molecule has 1 aromatic heterocycles. The molecule has 0 saturated carbocycles. The number of carbonyl (C=O) groups is 1. The van der Waals surface area contributed by atoms with Gasteiger partial charge >= 0.3 is 0 Å². The van der Waals surface area contributed by atoms with E-state index in [4.69, 9.17) is 5.11 Å². The van der Waals surface area contributed by atoms with E-state index < -0.39 is 0 Å². The van der Waals surface area contributed by atoms with E-state index in [1.165, 1.54) is 0 Å². The molecule has 0 aromatic carbocycles. The summed E-state index contributed by atoms with van der Waals surface area (Å²) in [5.41, 5.74) is 0.802. The van der Waals surface area contributed by atoms with Crippen molar-refractivity contribution in [1.82, 2.24) is 25.6 Å². The van der Waals surface area contributed by atoms with Crippen LogP contribution in [0.3, 0.4) is 0 Å². The van der Waals surface area contributed by atoms with Crippen LogP contribution >= 0.6 is 0 Å². The van der Waals surface area contributed by atoms with Crippen LogP contribution in [0.1, 0.15) is 26.0 Å². The molecule has 1 aromatic rings. The molecule has 1 heterocycles. The van der Waals surface area contributed by atoms with Crippen molar-refractivity contribution in [2.24, 2.45) is 5.92 Å². The minimum absolute atomic E-state index is 0.0479. The summed E-state index contributed by atoms with van der Waals surface area (Å²) in [5.74, 6) is 0.531. The fraction of sp³-hybridized carbons (Fsp3) is 0.750. The highest BCUT2D eigenvalue weighted by atomic mass is 16.3. The molecule has 7 heteroatoms. The van der Waals surface area contributed by atoms with Gasteiger partial charge in [0.15, 0.2) is 0 Å². The Hall–Kier alpha value is -1.47. The number of nitrogens with one attached hydrogen (secondary N) is 2. The maximum Gasteiger partial charge on any atom is 0.221 e. The van der Waals surface area contributed by atoms with Gasteiger partial charge in [-0.25, -0.2) is 4.68 Å². The summed E-state index contributed by atoms with van der Waals surface area (Å²) >= 11 is 0. The van der Waals surface area contributed by atoms with Gasteiger partial charge in [-0.3, -0.25) is 4.79 Å². The van der Waals surface area contributed by atoms with Crippen LogP contribution in [0.15, 0.2) is 6.20 Å². The molecule has 1 rings (SSSR count). The van der Waals surface area contributed by atoms with Gasteiger partial charge in [-0.15, -0.1) is 5.10 Å². The van der Waals surface area contributed by atoms with E-state index in [1.54, 1.807) is 10.9 Å². The SMILES string of the molecule is CC(C)CNC(=O)CCNCc1cn(CCO)nn1. The Labute approximate surface area is 113 Å². The van der Waals surface area contributed by atoms with Crippen molar-refractivity contribution >= 4 is 5.91 Å². The van der Waals surface area contributed by atoms with E-state index in [2.05, 4.69) is 34.8 Å². The molecular formula is C12H23N5O2. The number of aliphatic hydroxyl groups is 1. The number of amides is 1. The zero-order valence-electron chi connectivity index (χ0n) is 11.6. The summed E-state index contributed by atoms with van der Waals surface area (Å²) in [6.45, 7) is 6.52. The van der Waals surface area contributed by atoms with Crippen molar-refractivity contribution in [1.29, 1.82) is 0 Å². The maximum atomic E-state index is 11.4. The van der Waals surface area contributed by atoms with Crippen molar-refractivity contribution in [3.8, 4) is 0 Å². The molecule has 0 atom stereocenters. The van der Waals surface area contributed by atoms with Gasteiger partial charge in [-0.2, -0.15) is 0 Å². The third-order valence-electron chi connectivity index (χ3n) is 2.46. The van der Waals surface area contributed by atoms with Crippen molar-refractivity contribution in [2.45, 2.75) is 33.4 Å². The summed E-state index contributed by atoms with van der Waals surface area (Å²) in [5, 5.41) is 22.6. The largest absolute Gasteiger partial charge is 0.394 e. The van der Waals surface area contributed by atoms with E-state index in [0.29, 0.717) is 38.5 Å². The van der Waals surface area contributed by atoms with E-state index in [0.717, 1.165) is 5.69 Å². The molecule has 0 bridgehead atoms. The first-order valence-corrected chi connectivity index (χ1v) is 6.59. The standard InChI is InChI=1S/C12H23N5O2/c1-10(2)7-14-12(19)3-4-13-8-11-9-17(5-6-18)16-15-11/h9-10,13,18H,3-8H2,1-2H3,(H,14,19). The molecule has 1 amide bonds. The van der Waals surface area contributed by atoms with Gasteiger partial charge in [-0.05, 0) is 5.92 Å². The van der Waals surface area contributed by atoms with Gasteiger partial charge < -0.3 is 15.7 Å². The maximum absolute atomic E-state index is 11.4. The van der Waals surface area contributed by atoms with Gasteiger partial charge in [0.05, 0.1) is 18.8 Å². The first kappa shape index (κ1) is 15.6. The van der Waals surface area contributed by atoms with Gasteiger partial charge in [0.1, 0.15) is 0 Å². The van der Waals surface area contributed by atoms with E-state index in [1.807, 2.05) is 0 Å². The monoisotopic (exact) mass is 269 g/mol. The summed E-state index contributed by atoms with van der Waals surface area (Å²) in [4.78, 5) is 11.4. The number of hydrogen-bond acceptors (Lipinski definition) is 5. The average molecular weight is 269 g/mol. The van der Waals surface area contributed by atoms with Gasteiger partial charge in [0.2, 0.25) is 5.91 Å². The fourth-order valence-corrected chi connectivity index (χ4v) is 1.46. The van der Waals surface area contributed by atoms with Crippen LogP contribution in [0.4, 0.5) is 0 Å². The van der Waals surface area contributed by atoms with Crippen LogP contribution < -0.4 is 10.6 Å². The number of rotatable bonds is 9. The topological polar surface area (TPSA) is 92.1 Å². The number of aromatic nitrogens is 3. The van der Waals surface area contributed by atoms with E-state index >= 15 is 0 Å². The minimum atomic E-state index is 0.0479. The Kier molecular flexibility index (Phi) is 7.06. The van der Waals surface area contributed by atoms with Crippen molar-refractivity contribution in [2.75, 3.05) is 19.7 Å². The van der Waals surface area contributed by atoms with Crippen LogP contribution in [-0.2, 0) is 17.9 Å². The smallest absolute Gasteiger partial charge is 0.221 e. The molecule has 0 aliphatic rings. The van der Waals surface area contributed by atoms with Gasteiger partial charge in [0.25, 0.3) is 0 Å². The molecular weight excluding hydrogens is 246 g/mol. The normalized spacial score (nSPS) is 10.9. The lowest BCUT2D eigenvalue weighted by Crippen LogP contribution is -2.30. The Morgan fingerprint density at radius 1 is 1.53 bits per heavy atom. The number of nitrogens with zero attached hydrogens (tertiary/aromatic N) is 3. The molecule has 7 nitrogen and oxygen atoms in total. The van der Waals surface area contributed by atoms with Crippen molar-refractivity contribution < 1.29 is 9.90 Å². The molecule has 0 unspecified atom stereocenters. The summed E-state index contributed by atoms with van der Waals surface area (Å²) in [7, 11) is 0. The highest BCUT2D eigenvalue weighted by molar-refractivity contribution is 5.76. The quantitative estimate of drug-likeness (QED) is 0.527. The lowest BCUT2D eigenvalue weighted by Gasteiger charge is -2.07. The third-order valence-corrected chi connectivity index (χ3v) is 2.46. The average Bonchev–Trinajstić information content (AvgIpc) is 2.80. The number of carbonyl (C=O) groups excluding carboxylic acids is 1. The predicted octanol–water partition coefficient (Wildman–Crippen LogP) is -0.478. The Balaban J connectivity index is 2.11. The van der Waals surface area contributed by atoms with E-state index in [9.17, 15) is 4.79 Å². The van der Waals surface area contributed by atoms with E-state index in [-0.39, 0.29) is 12.5 Å².